The molecule has 0 atom stereocenters. The number of ether oxygens (including phenoxy) is 1. The smallest absolute Gasteiger partial charge is 0.344 e. The zero-order valence-corrected chi connectivity index (χ0v) is 18.5. The Morgan fingerprint density at radius 3 is 2.19 bits per heavy atom. The number of hydrogen-bond acceptors (Lipinski definition) is 4. The van der Waals surface area contributed by atoms with Crippen molar-refractivity contribution in [3.05, 3.63) is 69.4 Å². The Hall–Kier alpha value is -2.81. The highest BCUT2D eigenvalue weighted by Crippen LogP contribution is 2.44. The van der Waals surface area contributed by atoms with E-state index in [2.05, 4.69) is 0 Å². The van der Waals surface area contributed by atoms with E-state index in [0.717, 1.165) is 11.8 Å². The average molecular weight is 467 g/mol. The number of benzene rings is 2. The topological polar surface area (TPSA) is 48.3 Å². The Morgan fingerprint density at radius 1 is 1.03 bits per heavy atom. The number of pyridine rings is 1. The number of rotatable bonds is 5. The highest BCUT2D eigenvalue weighted by molar-refractivity contribution is 7.99. The number of nitrogens with zero attached hydrogens (tertiary/aromatic N) is 1. The number of fused-ring (bicyclic) bond motifs is 1. The van der Waals surface area contributed by atoms with Crippen molar-refractivity contribution in [1.29, 1.82) is 0 Å². The minimum Gasteiger partial charge on any atom is -0.462 e. The lowest BCUT2D eigenvalue weighted by atomic mass is 10.1. The number of esters is 1. The van der Waals surface area contributed by atoms with Gasteiger partial charge in [0.15, 0.2) is 23.3 Å². The van der Waals surface area contributed by atoms with Gasteiger partial charge in [-0.3, -0.25) is 4.79 Å². The summed E-state index contributed by atoms with van der Waals surface area (Å²) in [4.78, 5) is 26.3. The van der Waals surface area contributed by atoms with Gasteiger partial charge in [-0.25, -0.2) is 22.4 Å². The first-order valence-electron chi connectivity index (χ1n) is 10.2. The van der Waals surface area contributed by atoms with Crippen molar-refractivity contribution in [1.82, 2.24) is 4.57 Å². The average Bonchev–Trinajstić information content (AvgIpc) is 3.63. The van der Waals surface area contributed by atoms with E-state index in [0.29, 0.717) is 17.7 Å². The van der Waals surface area contributed by atoms with Crippen molar-refractivity contribution in [3.63, 3.8) is 0 Å². The van der Waals surface area contributed by atoms with Crippen LogP contribution in [0, 0.1) is 23.3 Å². The van der Waals surface area contributed by atoms with E-state index in [4.69, 9.17) is 4.74 Å². The second kappa shape index (κ2) is 9.77. The van der Waals surface area contributed by atoms with Crippen LogP contribution < -0.4 is 5.43 Å². The molecule has 4 nitrogen and oxygen atoms in total. The van der Waals surface area contributed by atoms with Crippen LogP contribution in [-0.2, 0) is 4.74 Å². The summed E-state index contributed by atoms with van der Waals surface area (Å²) >= 11 is 0.974. The number of hydrogen-bond donors (Lipinski definition) is 0. The van der Waals surface area contributed by atoms with Crippen LogP contribution in [-0.4, -0.2) is 17.1 Å². The maximum atomic E-state index is 14.8. The van der Waals surface area contributed by atoms with Gasteiger partial charge in [-0.05, 0) is 31.9 Å². The minimum absolute atomic E-state index is 0.00366. The van der Waals surface area contributed by atoms with Crippen molar-refractivity contribution < 1.29 is 27.1 Å². The Labute approximate surface area is 186 Å². The van der Waals surface area contributed by atoms with Gasteiger partial charge in [-0.2, -0.15) is 0 Å². The van der Waals surface area contributed by atoms with Crippen molar-refractivity contribution in [2.75, 3.05) is 6.61 Å². The lowest BCUT2D eigenvalue weighted by Gasteiger charge is -2.20. The molecule has 9 heteroatoms. The first-order chi connectivity index (χ1) is 15.4. The Bertz CT molecular complexity index is 1220. The lowest BCUT2D eigenvalue weighted by molar-refractivity contribution is 0.0519. The Balaban J connectivity index is 0.00000141. The van der Waals surface area contributed by atoms with Gasteiger partial charge in [-0.15, -0.1) is 0 Å². The van der Waals surface area contributed by atoms with Crippen LogP contribution in [0.3, 0.4) is 0 Å². The van der Waals surface area contributed by atoms with E-state index in [-0.39, 0.29) is 11.6 Å². The van der Waals surface area contributed by atoms with Crippen LogP contribution in [0.2, 0.25) is 0 Å². The summed E-state index contributed by atoms with van der Waals surface area (Å²) in [6.07, 6.45) is 1.09. The van der Waals surface area contributed by atoms with E-state index in [1.54, 1.807) is 30.3 Å². The molecule has 0 saturated heterocycles. The van der Waals surface area contributed by atoms with Crippen LogP contribution in [0.25, 0.3) is 10.9 Å². The summed E-state index contributed by atoms with van der Waals surface area (Å²) in [5.74, 6) is -8.64. The summed E-state index contributed by atoms with van der Waals surface area (Å²) in [5.41, 5.74) is -2.46. The maximum Gasteiger partial charge on any atom is 0.344 e. The third kappa shape index (κ3) is 4.13. The quantitative estimate of drug-likeness (QED) is 0.193. The maximum absolute atomic E-state index is 14.8. The SMILES string of the molecule is CC.CCOC(=O)c1c(Sc2ccccc2)n(C2CC2)c2c(F)c(F)c(F)c(F)c2c1=O. The molecule has 1 aliphatic rings. The molecular weight excluding hydrogens is 446 g/mol. The molecular formula is C23H21F4NO3S. The van der Waals surface area contributed by atoms with E-state index in [1.165, 1.54) is 11.5 Å². The number of carbonyl (C=O) groups excluding carboxylic acids is 1. The van der Waals surface area contributed by atoms with Gasteiger partial charge in [0, 0.05) is 10.9 Å². The minimum atomic E-state index is -2.10. The normalized spacial score (nSPS) is 13.0. The molecule has 1 aromatic heterocycles. The predicted molar refractivity (Wildman–Crippen MR) is 114 cm³/mol. The van der Waals surface area contributed by atoms with Crippen molar-refractivity contribution in [2.45, 2.75) is 49.6 Å². The fraction of sp³-hybridized carbons (Fsp3) is 0.304. The van der Waals surface area contributed by atoms with Crippen molar-refractivity contribution in [3.8, 4) is 0 Å². The summed E-state index contributed by atoms with van der Waals surface area (Å²) in [6, 6.07) is 8.22. The highest BCUT2D eigenvalue weighted by atomic mass is 32.2. The molecule has 0 unspecified atom stereocenters. The fourth-order valence-corrected chi connectivity index (χ4v) is 4.40. The molecule has 0 radical (unpaired) electrons. The van der Waals surface area contributed by atoms with Crippen molar-refractivity contribution >= 4 is 28.6 Å². The van der Waals surface area contributed by atoms with E-state index in [9.17, 15) is 27.2 Å². The molecule has 0 aliphatic heterocycles. The summed E-state index contributed by atoms with van der Waals surface area (Å²) in [6.45, 7) is 5.46. The second-order valence-electron chi connectivity index (χ2n) is 6.73. The fourth-order valence-electron chi connectivity index (χ4n) is 3.26. The van der Waals surface area contributed by atoms with Gasteiger partial charge in [0.1, 0.15) is 5.56 Å². The predicted octanol–water partition coefficient (Wildman–Crippen LogP) is 6.25. The number of carbonyl (C=O) groups is 1. The van der Waals surface area contributed by atoms with E-state index >= 15 is 0 Å². The van der Waals surface area contributed by atoms with Crippen LogP contribution in [0.15, 0.2) is 45.0 Å². The van der Waals surface area contributed by atoms with Gasteiger partial charge >= 0.3 is 5.97 Å². The molecule has 1 aliphatic carbocycles. The van der Waals surface area contributed by atoms with Crippen LogP contribution in [0.5, 0.6) is 0 Å². The van der Waals surface area contributed by atoms with Gasteiger partial charge < -0.3 is 9.30 Å². The molecule has 3 aromatic rings. The molecule has 4 rings (SSSR count). The Morgan fingerprint density at radius 2 is 1.62 bits per heavy atom. The highest BCUT2D eigenvalue weighted by Gasteiger charge is 2.36. The van der Waals surface area contributed by atoms with Gasteiger partial charge in [0.25, 0.3) is 0 Å². The van der Waals surface area contributed by atoms with Gasteiger partial charge in [0.2, 0.25) is 5.43 Å². The van der Waals surface area contributed by atoms with Crippen LogP contribution >= 0.6 is 11.8 Å². The zero-order chi connectivity index (χ0) is 23.6. The van der Waals surface area contributed by atoms with Gasteiger partial charge in [0.05, 0.1) is 22.5 Å². The molecule has 0 amide bonds. The molecule has 1 saturated carbocycles. The van der Waals surface area contributed by atoms with Crippen molar-refractivity contribution in [2.24, 2.45) is 0 Å². The van der Waals surface area contributed by atoms with Crippen LogP contribution in [0.1, 0.15) is 50.0 Å². The monoisotopic (exact) mass is 467 g/mol. The number of aromatic nitrogens is 1. The summed E-state index contributed by atoms with van der Waals surface area (Å²) < 4.78 is 63.6. The third-order valence-electron chi connectivity index (χ3n) is 4.72. The largest absolute Gasteiger partial charge is 0.462 e. The molecule has 1 fully saturated rings. The Kier molecular flexibility index (Phi) is 7.28. The van der Waals surface area contributed by atoms with E-state index in [1.807, 2.05) is 13.8 Å². The molecule has 0 spiro atoms. The molecule has 170 valence electrons. The third-order valence-corrected chi connectivity index (χ3v) is 5.82. The first kappa shape index (κ1) is 23.8. The number of halogens is 4. The lowest BCUT2D eigenvalue weighted by Crippen LogP contribution is -2.25. The first-order valence-corrected chi connectivity index (χ1v) is 11.0. The van der Waals surface area contributed by atoms with Gasteiger partial charge in [-0.1, -0.05) is 43.8 Å². The standard InChI is InChI=1S/C21H15F4NO3S.C2H6/c1-2-29-21(28)13-19(27)12-14(22)15(23)16(24)17(25)18(12)26(10-8-9-10)20(13)30-11-6-4-3-5-7-11;1-2/h3-7,10H,2,8-9H2,1H3;1-2H3. The zero-order valence-electron chi connectivity index (χ0n) is 17.7. The van der Waals surface area contributed by atoms with E-state index < -0.39 is 57.2 Å². The van der Waals surface area contributed by atoms with Crippen LogP contribution in [0.4, 0.5) is 17.6 Å². The summed E-state index contributed by atoms with van der Waals surface area (Å²) in [7, 11) is 0. The molecule has 1 heterocycles. The molecule has 0 bridgehead atoms. The molecule has 2 aromatic carbocycles. The summed E-state index contributed by atoms with van der Waals surface area (Å²) in [5, 5.41) is -0.997. The molecule has 32 heavy (non-hydrogen) atoms. The molecule has 0 N–H and O–H groups in total. The second-order valence-corrected chi connectivity index (χ2v) is 7.79.